The molecule has 1 atom stereocenters. The van der Waals surface area contributed by atoms with Crippen LogP contribution in [0.25, 0.3) is 10.9 Å². The summed E-state index contributed by atoms with van der Waals surface area (Å²) in [5.74, 6) is 0.752. The van der Waals surface area contributed by atoms with Crippen molar-refractivity contribution < 1.29 is 17.9 Å². The van der Waals surface area contributed by atoms with Gasteiger partial charge in [-0.3, -0.25) is 4.79 Å². The van der Waals surface area contributed by atoms with Gasteiger partial charge in [0.05, 0.1) is 18.0 Å². The molecule has 0 bridgehead atoms. The topological polar surface area (TPSA) is 91.5 Å². The summed E-state index contributed by atoms with van der Waals surface area (Å²) in [4.78, 5) is 18.1. The summed E-state index contributed by atoms with van der Waals surface area (Å²) in [6.07, 6.45) is 3.77. The summed E-state index contributed by atoms with van der Waals surface area (Å²) in [5.41, 5.74) is 2.41. The summed E-state index contributed by atoms with van der Waals surface area (Å²) in [6.45, 7) is 2.81. The highest BCUT2D eigenvalue weighted by Gasteiger charge is 2.30. The van der Waals surface area contributed by atoms with Gasteiger partial charge in [0.1, 0.15) is 5.75 Å². The molecule has 1 aliphatic heterocycles. The Hall–Kier alpha value is -2.84. The molecule has 0 aliphatic carbocycles. The highest BCUT2D eigenvalue weighted by Crippen LogP contribution is 2.33. The van der Waals surface area contributed by atoms with E-state index in [9.17, 15) is 13.2 Å². The van der Waals surface area contributed by atoms with E-state index in [1.165, 1.54) is 30.2 Å². The number of sulfonamides is 1. The molecule has 1 aromatic heterocycles. The number of nitrogens with one attached hydrogen (secondary N) is 2. The normalized spacial score (nSPS) is 16.4. The standard InChI is InChI=1S/C23H27N3O4S/c1-16(25-31(28,29)19-9-7-18(30-2)8-10-19)23(27)26-13-11-17(12-14-26)21-15-24-22-6-4-3-5-20(21)22/h3-10,15-17,24-25H,11-14H2,1-2H3/t16-/m0/s1. The maximum atomic E-state index is 12.9. The van der Waals surface area contributed by atoms with Gasteiger partial charge in [-0.05, 0) is 61.6 Å². The first kappa shape index (κ1) is 21.4. The van der Waals surface area contributed by atoms with Crippen molar-refractivity contribution in [3.05, 3.63) is 60.3 Å². The largest absolute Gasteiger partial charge is 0.497 e. The van der Waals surface area contributed by atoms with Gasteiger partial charge in [0.2, 0.25) is 15.9 Å². The molecule has 2 aromatic carbocycles. The number of fused-ring (bicyclic) bond motifs is 1. The first-order chi connectivity index (χ1) is 14.9. The molecule has 2 heterocycles. The first-order valence-corrected chi connectivity index (χ1v) is 11.9. The number of carbonyl (C=O) groups is 1. The van der Waals surface area contributed by atoms with E-state index in [0.717, 1.165) is 18.4 Å². The van der Waals surface area contributed by atoms with Crippen molar-refractivity contribution in [2.45, 2.75) is 36.6 Å². The number of methoxy groups -OCH3 is 1. The van der Waals surface area contributed by atoms with E-state index >= 15 is 0 Å². The molecule has 164 valence electrons. The number of likely N-dealkylation sites (tertiary alicyclic amines) is 1. The number of benzene rings is 2. The Morgan fingerprint density at radius 1 is 1.13 bits per heavy atom. The van der Waals surface area contributed by atoms with Crippen LogP contribution in [0.5, 0.6) is 5.75 Å². The average Bonchev–Trinajstić information content (AvgIpc) is 3.22. The van der Waals surface area contributed by atoms with Crippen molar-refractivity contribution in [1.82, 2.24) is 14.6 Å². The zero-order chi connectivity index (χ0) is 22.0. The van der Waals surface area contributed by atoms with Crippen molar-refractivity contribution in [2.24, 2.45) is 0 Å². The number of aromatic amines is 1. The van der Waals surface area contributed by atoms with Gasteiger partial charge in [-0.1, -0.05) is 18.2 Å². The number of hydrogen-bond acceptors (Lipinski definition) is 4. The number of nitrogens with zero attached hydrogens (tertiary/aromatic N) is 1. The minimum Gasteiger partial charge on any atom is -0.497 e. The Morgan fingerprint density at radius 2 is 1.81 bits per heavy atom. The maximum Gasteiger partial charge on any atom is 0.241 e. The zero-order valence-electron chi connectivity index (χ0n) is 17.7. The summed E-state index contributed by atoms with van der Waals surface area (Å²) in [5, 5.41) is 1.23. The van der Waals surface area contributed by atoms with Crippen molar-refractivity contribution in [3.63, 3.8) is 0 Å². The van der Waals surface area contributed by atoms with Gasteiger partial charge < -0.3 is 14.6 Å². The summed E-state index contributed by atoms with van der Waals surface area (Å²) < 4.78 is 32.8. The molecule has 3 aromatic rings. The zero-order valence-corrected chi connectivity index (χ0v) is 18.5. The van der Waals surface area contributed by atoms with E-state index in [4.69, 9.17) is 4.74 Å². The van der Waals surface area contributed by atoms with Crippen LogP contribution in [0.4, 0.5) is 0 Å². The molecule has 1 aliphatic rings. The van der Waals surface area contributed by atoms with Crippen LogP contribution in [0.2, 0.25) is 0 Å². The molecule has 0 saturated carbocycles. The van der Waals surface area contributed by atoms with Gasteiger partial charge in [-0.2, -0.15) is 4.72 Å². The lowest BCUT2D eigenvalue weighted by Crippen LogP contribution is -2.49. The van der Waals surface area contributed by atoms with Crippen LogP contribution in [-0.2, 0) is 14.8 Å². The third kappa shape index (κ3) is 4.45. The molecule has 1 amide bonds. The molecule has 2 N–H and O–H groups in total. The molecule has 0 unspecified atom stereocenters. The highest BCUT2D eigenvalue weighted by molar-refractivity contribution is 7.89. The number of amides is 1. The Kier molecular flexibility index (Phi) is 6.02. The fourth-order valence-corrected chi connectivity index (χ4v) is 5.42. The third-order valence-corrected chi connectivity index (χ3v) is 7.50. The minimum atomic E-state index is -3.80. The van der Waals surface area contributed by atoms with E-state index in [1.807, 2.05) is 12.1 Å². The number of carbonyl (C=O) groups excluding carboxylic acids is 1. The second-order valence-corrected chi connectivity index (χ2v) is 9.62. The summed E-state index contributed by atoms with van der Waals surface area (Å²) >= 11 is 0. The minimum absolute atomic E-state index is 0.103. The Balaban J connectivity index is 1.37. The fraction of sp³-hybridized carbons (Fsp3) is 0.348. The lowest BCUT2D eigenvalue weighted by Gasteiger charge is -2.33. The van der Waals surface area contributed by atoms with Crippen molar-refractivity contribution >= 4 is 26.8 Å². The Labute approximate surface area is 182 Å². The fourth-order valence-electron chi connectivity index (χ4n) is 4.22. The highest BCUT2D eigenvalue weighted by atomic mass is 32.2. The molecule has 1 fully saturated rings. The molecular formula is C23H27N3O4S. The summed E-state index contributed by atoms with van der Waals surface area (Å²) in [7, 11) is -2.28. The van der Waals surface area contributed by atoms with Gasteiger partial charge >= 0.3 is 0 Å². The van der Waals surface area contributed by atoms with E-state index in [-0.39, 0.29) is 10.8 Å². The molecule has 0 radical (unpaired) electrons. The number of piperidine rings is 1. The first-order valence-electron chi connectivity index (χ1n) is 10.4. The smallest absolute Gasteiger partial charge is 0.241 e. The van der Waals surface area contributed by atoms with E-state index < -0.39 is 16.1 Å². The van der Waals surface area contributed by atoms with Crippen LogP contribution in [-0.4, -0.2) is 50.5 Å². The molecule has 31 heavy (non-hydrogen) atoms. The SMILES string of the molecule is COc1ccc(S(=O)(=O)N[C@@H](C)C(=O)N2CCC(c3c[nH]c4ccccc34)CC2)cc1. The lowest BCUT2D eigenvalue weighted by molar-refractivity contribution is -0.133. The second kappa shape index (κ2) is 8.72. The summed E-state index contributed by atoms with van der Waals surface area (Å²) in [6, 6.07) is 13.5. The second-order valence-electron chi connectivity index (χ2n) is 7.91. The van der Waals surface area contributed by atoms with E-state index in [2.05, 4.69) is 28.0 Å². The van der Waals surface area contributed by atoms with Gasteiger partial charge in [0, 0.05) is 30.2 Å². The number of para-hydroxylation sites is 1. The van der Waals surface area contributed by atoms with Crippen LogP contribution in [0.1, 0.15) is 31.2 Å². The average molecular weight is 442 g/mol. The number of aromatic nitrogens is 1. The maximum absolute atomic E-state index is 12.9. The van der Waals surface area contributed by atoms with E-state index in [1.54, 1.807) is 24.0 Å². The number of rotatable bonds is 6. The molecule has 0 spiro atoms. The van der Waals surface area contributed by atoms with Crippen LogP contribution in [0.3, 0.4) is 0 Å². The number of hydrogen-bond donors (Lipinski definition) is 2. The Morgan fingerprint density at radius 3 is 2.48 bits per heavy atom. The molecule has 1 saturated heterocycles. The van der Waals surface area contributed by atoms with Crippen molar-refractivity contribution in [3.8, 4) is 5.75 Å². The number of H-pyrrole nitrogens is 1. The monoisotopic (exact) mass is 441 g/mol. The molecule has 4 rings (SSSR count). The molecule has 7 nitrogen and oxygen atoms in total. The van der Waals surface area contributed by atoms with Gasteiger partial charge in [-0.25, -0.2) is 8.42 Å². The van der Waals surface area contributed by atoms with Crippen molar-refractivity contribution in [2.75, 3.05) is 20.2 Å². The quantitative estimate of drug-likeness (QED) is 0.614. The Bertz CT molecular complexity index is 1160. The van der Waals surface area contributed by atoms with Gasteiger partial charge in [-0.15, -0.1) is 0 Å². The predicted molar refractivity (Wildman–Crippen MR) is 120 cm³/mol. The molecule has 8 heteroatoms. The van der Waals surface area contributed by atoms with Crippen LogP contribution in [0, 0.1) is 0 Å². The van der Waals surface area contributed by atoms with Gasteiger partial charge in [0.25, 0.3) is 0 Å². The van der Waals surface area contributed by atoms with Crippen molar-refractivity contribution in [1.29, 1.82) is 0 Å². The predicted octanol–water partition coefficient (Wildman–Crippen LogP) is 3.25. The third-order valence-electron chi connectivity index (χ3n) is 5.94. The molecular weight excluding hydrogens is 414 g/mol. The van der Waals surface area contributed by atoms with Crippen LogP contribution < -0.4 is 9.46 Å². The van der Waals surface area contributed by atoms with Crippen LogP contribution in [0.15, 0.2) is 59.6 Å². The van der Waals surface area contributed by atoms with Gasteiger partial charge in [0.15, 0.2) is 0 Å². The lowest BCUT2D eigenvalue weighted by atomic mass is 9.89. The number of ether oxygens (including phenoxy) is 1. The van der Waals surface area contributed by atoms with Crippen LogP contribution >= 0.6 is 0 Å². The van der Waals surface area contributed by atoms with E-state index in [0.29, 0.717) is 24.8 Å².